The molecule has 0 unspecified atom stereocenters. The zero-order valence-electron chi connectivity index (χ0n) is 10.2. The Morgan fingerprint density at radius 3 is 3.11 bits per heavy atom. The first-order valence-electron chi connectivity index (χ1n) is 6.19. The highest BCUT2D eigenvalue weighted by atomic mass is 16.5. The van der Waals surface area contributed by atoms with Crippen molar-refractivity contribution in [1.29, 1.82) is 0 Å². The van der Waals surface area contributed by atoms with Gasteiger partial charge < -0.3 is 19.4 Å². The van der Waals surface area contributed by atoms with E-state index in [0.717, 1.165) is 18.6 Å². The van der Waals surface area contributed by atoms with Crippen molar-refractivity contribution in [2.75, 3.05) is 6.54 Å². The smallest absolute Gasteiger partial charge is 0.273 e. The Labute approximate surface area is 109 Å². The van der Waals surface area contributed by atoms with Crippen LogP contribution < -0.4 is 5.32 Å². The van der Waals surface area contributed by atoms with Crippen molar-refractivity contribution in [3.05, 3.63) is 41.7 Å². The lowest BCUT2D eigenvalue weighted by Gasteiger charge is -2.08. The van der Waals surface area contributed by atoms with E-state index in [2.05, 4.69) is 10.5 Å². The minimum Gasteiger partial charge on any atom is -0.472 e. The number of carbonyl (C=O) groups excluding carboxylic acids is 1. The second kappa shape index (κ2) is 4.89. The largest absolute Gasteiger partial charge is 0.472 e. The lowest BCUT2D eigenvalue weighted by Crippen LogP contribution is -2.28. The van der Waals surface area contributed by atoms with Crippen LogP contribution in [0.15, 0.2) is 33.6 Å². The minimum atomic E-state index is -0.794. The summed E-state index contributed by atoms with van der Waals surface area (Å²) in [7, 11) is 0. The summed E-state index contributed by atoms with van der Waals surface area (Å²) in [5, 5.41) is 16.1. The summed E-state index contributed by atoms with van der Waals surface area (Å²) in [6.07, 6.45) is 4.31. The monoisotopic (exact) mass is 262 g/mol. The van der Waals surface area contributed by atoms with E-state index in [9.17, 15) is 9.90 Å². The first-order valence-corrected chi connectivity index (χ1v) is 6.19. The number of aliphatic hydroxyl groups excluding tert-OH is 1. The van der Waals surface area contributed by atoms with E-state index < -0.39 is 6.10 Å². The maximum absolute atomic E-state index is 11.8. The van der Waals surface area contributed by atoms with E-state index in [4.69, 9.17) is 8.94 Å². The molecule has 2 N–H and O–H groups in total. The van der Waals surface area contributed by atoms with Gasteiger partial charge in [-0.15, -0.1) is 0 Å². The van der Waals surface area contributed by atoms with Gasteiger partial charge in [0.15, 0.2) is 5.69 Å². The molecule has 0 saturated heterocycles. The summed E-state index contributed by atoms with van der Waals surface area (Å²) in [6.45, 7) is 0.101. The normalized spacial score (nSPS) is 16.3. The zero-order chi connectivity index (χ0) is 13.2. The van der Waals surface area contributed by atoms with E-state index in [1.54, 1.807) is 12.1 Å². The van der Waals surface area contributed by atoms with Crippen molar-refractivity contribution in [1.82, 2.24) is 10.5 Å². The molecule has 0 aliphatic heterocycles. The molecule has 100 valence electrons. The summed E-state index contributed by atoms with van der Waals surface area (Å²) in [5.41, 5.74) is 0.875. The summed E-state index contributed by atoms with van der Waals surface area (Å²) < 4.78 is 9.96. The summed E-state index contributed by atoms with van der Waals surface area (Å²) in [5.74, 6) is 0.837. The predicted octanol–water partition coefficient (Wildman–Crippen LogP) is 1.61. The molecule has 3 rings (SSSR count). The SMILES string of the molecule is O=C(NC[C@@H](O)c1ccoc1)c1cc(C2CC2)on1. The molecule has 6 nitrogen and oxygen atoms in total. The van der Waals surface area contributed by atoms with Crippen molar-refractivity contribution in [3.8, 4) is 0 Å². The van der Waals surface area contributed by atoms with Crippen molar-refractivity contribution in [2.24, 2.45) is 0 Å². The molecule has 1 saturated carbocycles. The third-order valence-corrected chi connectivity index (χ3v) is 3.12. The highest BCUT2D eigenvalue weighted by Gasteiger charge is 2.28. The van der Waals surface area contributed by atoms with Crippen LogP contribution in [0.3, 0.4) is 0 Å². The lowest BCUT2D eigenvalue weighted by atomic mass is 10.2. The van der Waals surface area contributed by atoms with Crippen LogP contribution in [-0.4, -0.2) is 22.7 Å². The Morgan fingerprint density at radius 1 is 1.58 bits per heavy atom. The molecule has 0 bridgehead atoms. The maximum Gasteiger partial charge on any atom is 0.273 e. The average molecular weight is 262 g/mol. The number of nitrogens with one attached hydrogen (secondary N) is 1. The second-order valence-corrected chi connectivity index (χ2v) is 4.67. The van der Waals surface area contributed by atoms with Crippen LogP contribution in [0, 0.1) is 0 Å². The van der Waals surface area contributed by atoms with Crippen molar-refractivity contribution in [2.45, 2.75) is 24.9 Å². The van der Waals surface area contributed by atoms with Crippen LogP contribution in [0.2, 0.25) is 0 Å². The van der Waals surface area contributed by atoms with E-state index in [0.29, 0.717) is 11.5 Å². The molecule has 6 heteroatoms. The average Bonchev–Trinajstić information content (AvgIpc) is 2.96. The Balaban J connectivity index is 1.55. The van der Waals surface area contributed by atoms with E-state index in [1.165, 1.54) is 12.5 Å². The molecule has 1 atom stereocenters. The first kappa shape index (κ1) is 12.0. The van der Waals surface area contributed by atoms with Gasteiger partial charge in [-0.25, -0.2) is 0 Å². The topological polar surface area (TPSA) is 88.5 Å². The van der Waals surface area contributed by atoms with Crippen molar-refractivity contribution in [3.63, 3.8) is 0 Å². The fraction of sp³-hybridized carbons (Fsp3) is 0.385. The Kier molecular flexibility index (Phi) is 3.08. The number of nitrogens with zero attached hydrogens (tertiary/aromatic N) is 1. The number of aromatic nitrogens is 1. The highest BCUT2D eigenvalue weighted by Crippen LogP contribution is 2.40. The van der Waals surface area contributed by atoms with Crippen LogP contribution in [0.25, 0.3) is 0 Å². The molecule has 1 fully saturated rings. The molecule has 2 heterocycles. The van der Waals surface area contributed by atoms with Gasteiger partial charge in [0.1, 0.15) is 5.76 Å². The summed E-state index contributed by atoms with van der Waals surface area (Å²) >= 11 is 0. The highest BCUT2D eigenvalue weighted by molar-refractivity contribution is 5.92. The molecule has 1 amide bonds. The second-order valence-electron chi connectivity index (χ2n) is 4.67. The molecule has 2 aromatic heterocycles. The summed E-state index contributed by atoms with van der Waals surface area (Å²) in [4.78, 5) is 11.8. The van der Waals surface area contributed by atoms with E-state index >= 15 is 0 Å². The Morgan fingerprint density at radius 2 is 2.42 bits per heavy atom. The fourth-order valence-corrected chi connectivity index (χ4v) is 1.82. The standard InChI is InChI=1S/C13H14N2O4/c16-11(9-3-4-18-7-9)6-14-13(17)10-5-12(19-15-10)8-1-2-8/h3-5,7-8,11,16H,1-2,6H2,(H,14,17)/t11-/m1/s1. The molecule has 1 aliphatic rings. The molecule has 0 spiro atoms. The fourth-order valence-electron chi connectivity index (χ4n) is 1.82. The summed E-state index contributed by atoms with van der Waals surface area (Å²) in [6, 6.07) is 3.31. The zero-order valence-corrected chi connectivity index (χ0v) is 10.2. The predicted molar refractivity (Wildman–Crippen MR) is 64.5 cm³/mol. The van der Waals surface area contributed by atoms with Gasteiger partial charge in [-0.1, -0.05) is 5.16 Å². The third kappa shape index (κ3) is 2.68. The number of furan rings is 1. The quantitative estimate of drug-likeness (QED) is 0.854. The number of aliphatic hydroxyl groups is 1. The lowest BCUT2D eigenvalue weighted by molar-refractivity contribution is 0.0907. The molecule has 0 radical (unpaired) electrons. The van der Waals surface area contributed by atoms with Gasteiger partial charge in [-0.2, -0.15) is 0 Å². The van der Waals surface area contributed by atoms with Gasteiger partial charge in [0.05, 0.1) is 18.6 Å². The van der Waals surface area contributed by atoms with Gasteiger partial charge >= 0.3 is 0 Å². The molecule has 19 heavy (non-hydrogen) atoms. The number of hydrogen-bond acceptors (Lipinski definition) is 5. The number of hydrogen-bond donors (Lipinski definition) is 2. The molecular formula is C13H14N2O4. The third-order valence-electron chi connectivity index (χ3n) is 3.12. The number of amides is 1. The maximum atomic E-state index is 11.8. The van der Waals surface area contributed by atoms with Gasteiger partial charge in [-0.3, -0.25) is 4.79 Å². The van der Waals surface area contributed by atoms with Crippen LogP contribution in [-0.2, 0) is 0 Å². The molecule has 2 aromatic rings. The van der Waals surface area contributed by atoms with Gasteiger partial charge in [0.25, 0.3) is 5.91 Å². The van der Waals surface area contributed by atoms with Crippen molar-refractivity contribution >= 4 is 5.91 Å². The van der Waals surface area contributed by atoms with Gasteiger partial charge in [-0.05, 0) is 18.9 Å². The molecule has 1 aliphatic carbocycles. The van der Waals surface area contributed by atoms with E-state index in [-0.39, 0.29) is 18.1 Å². The van der Waals surface area contributed by atoms with Crippen molar-refractivity contribution < 1.29 is 18.8 Å². The Bertz CT molecular complexity index is 557. The first-order chi connectivity index (χ1) is 9.24. The number of rotatable bonds is 5. The minimum absolute atomic E-state index is 0.101. The molecular weight excluding hydrogens is 248 g/mol. The van der Waals surface area contributed by atoms with Crippen LogP contribution in [0.5, 0.6) is 0 Å². The van der Waals surface area contributed by atoms with Gasteiger partial charge in [0.2, 0.25) is 0 Å². The van der Waals surface area contributed by atoms with Crippen LogP contribution in [0.1, 0.15) is 46.7 Å². The van der Waals surface area contributed by atoms with Crippen LogP contribution in [0.4, 0.5) is 0 Å². The van der Waals surface area contributed by atoms with Gasteiger partial charge in [0, 0.05) is 24.1 Å². The number of carbonyl (C=O) groups is 1. The Hall–Kier alpha value is -2.08. The van der Waals surface area contributed by atoms with Crippen LogP contribution >= 0.6 is 0 Å². The molecule has 0 aromatic carbocycles. The van der Waals surface area contributed by atoms with E-state index in [1.807, 2.05) is 0 Å².